The quantitative estimate of drug-likeness (QED) is 0.764. The number of aliphatic hydroxyl groups excluding tert-OH is 1. The lowest BCUT2D eigenvalue weighted by atomic mass is 9.90. The fraction of sp³-hybridized carbons (Fsp3) is 0.438. The van der Waals surface area contributed by atoms with E-state index in [2.05, 4.69) is 45.7 Å². The Morgan fingerprint density at radius 2 is 2.00 bits per heavy atom. The van der Waals surface area contributed by atoms with Crippen molar-refractivity contribution in [2.75, 3.05) is 6.61 Å². The number of hydrogen-bond acceptors (Lipinski definition) is 4. The maximum absolute atomic E-state index is 12.6. The van der Waals surface area contributed by atoms with E-state index in [0.29, 0.717) is 12.0 Å². The molecule has 0 aromatic heterocycles. The molecular weight excluding hydrogens is 346 g/mol. The molecule has 118 valence electrons. The summed E-state index contributed by atoms with van der Waals surface area (Å²) in [6, 6.07) is 8.36. The number of carbonyl (C=O) groups is 1. The zero-order chi connectivity index (χ0) is 15.9. The minimum absolute atomic E-state index is 0.0235. The number of nitrogens with zero attached hydrogens (tertiary/aromatic N) is 1. The SMILES string of the molecule is CC1=C(CCO)C(=O)N2NC(C)C(c3ccc(Br)cc3)C2N1. The van der Waals surface area contributed by atoms with Crippen LogP contribution in [0.15, 0.2) is 40.0 Å². The van der Waals surface area contributed by atoms with Gasteiger partial charge < -0.3 is 10.4 Å². The largest absolute Gasteiger partial charge is 0.396 e. The number of hydrogen-bond donors (Lipinski definition) is 3. The number of halogens is 1. The lowest BCUT2D eigenvalue weighted by Crippen LogP contribution is -2.54. The van der Waals surface area contributed by atoms with Gasteiger partial charge in [0.15, 0.2) is 0 Å². The third-order valence-electron chi connectivity index (χ3n) is 4.41. The Morgan fingerprint density at radius 1 is 1.32 bits per heavy atom. The molecule has 1 fully saturated rings. The van der Waals surface area contributed by atoms with E-state index in [1.165, 1.54) is 5.56 Å². The number of benzene rings is 1. The molecule has 0 aliphatic carbocycles. The van der Waals surface area contributed by atoms with E-state index in [-0.39, 0.29) is 30.6 Å². The summed E-state index contributed by atoms with van der Waals surface area (Å²) in [5.41, 5.74) is 5.97. The molecule has 1 aromatic rings. The van der Waals surface area contributed by atoms with E-state index < -0.39 is 0 Å². The highest BCUT2D eigenvalue weighted by molar-refractivity contribution is 9.10. The lowest BCUT2D eigenvalue weighted by Gasteiger charge is -2.35. The van der Waals surface area contributed by atoms with Crippen LogP contribution < -0.4 is 10.7 Å². The number of aliphatic hydroxyl groups is 1. The van der Waals surface area contributed by atoms with Crippen LogP contribution in [0.2, 0.25) is 0 Å². The van der Waals surface area contributed by atoms with Crippen LogP contribution >= 0.6 is 15.9 Å². The molecule has 3 unspecified atom stereocenters. The molecule has 5 nitrogen and oxygen atoms in total. The highest BCUT2D eigenvalue weighted by Gasteiger charge is 2.46. The first kappa shape index (κ1) is 15.5. The Hall–Kier alpha value is -1.37. The van der Waals surface area contributed by atoms with E-state index in [1.807, 2.05) is 19.1 Å². The average molecular weight is 366 g/mol. The van der Waals surface area contributed by atoms with Gasteiger partial charge in [0.25, 0.3) is 5.91 Å². The van der Waals surface area contributed by atoms with Crippen molar-refractivity contribution in [1.82, 2.24) is 15.8 Å². The summed E-state index contributed by atoms with van der Waals surface area (Å²) in [7, 11) is 0. The monoisotopic (exact) mass is 365 g/mol. The number of nitrogens with one attached hydrogen (secondary N) is 2. The molecule has 2 heterocycles. The van der Waals surface area contributed by atoms with Crippen LogP contribution in [-0.4, -0.2) is 34.8 Å². The van der Waals surface area contributed by atoms with E-state index in [9.17, 15) is 4.79 Å². The van der Waals surface area contributed by atoms with E-state index in [1.54, 1.807) is 5.01 Å². The van der Waals surface area contributed by atoms with Crippen molar-refractivity contribution in [3.8, 4) is 0 Å². The first-order valence-corrected chi connectivity index (χ1v) is 8.24. The number of carbonyl (C=O) groups excluding carboxylic acids is 1. The molecule has 0 saturated carbocycles. The average Bonchev–Trinajstić information content (AvgIpc) is 2.81. The van der Waals surface area contributed by atoms with E-state index in [4.69, 9.17) is 5.11 Å². The second kappa shape index (κ2) is 6.02. The lowest BCUT2D eigenvalue weighted by molar-refractivity contribution is -0.133. The number of amides is 1. The summed E-state index contributed by atoms with van der Waals surface area (Å²) in [4.78, 5) is 12.6. The molecule has 0 spiro atoms. The number of allylic oxidation sites excluding steroid dienone is 1. The van der Waals surface area contributed by atoms with Crippen molar-refractivity contribution in [2.24, 2.45) is 0 Å². The first-order chi connectivity index (χ1) is 10.5. The van der Waals surface area contributed by atoms with Gasteiger partial charge >= 0.3 is 0 Å². The zero-order valence-electron chi connectivity index (χ0n) is 12.6. The van der Waals surface area contributed by atoms with Crippen LogP contribution in [0.25, 0.3) is 0 Å². The second-order valence-electron chi connectivity index (χ2n) is 5.84. The third-order valence-corrected chi connectivity index (χ3v) is 4.94. The summed E-state index contributed by atoms with van der Waals surface area (Å²) in [6.45, 7) is 3.97. The molecule has 3 rings (SSSR count). The molecule has 3 N–H and O–H groups in total. The molecule has 1 amide bonds. The normalized spacial score (nSPS) is 27.9. The Balaban J connectivity index is 1.93. The van der Waals surface area contributed by atoms with Gasteiger partial charge in [0, 0.05) is 40.7 Å². The number of hydrazine groups is 1. The van der Waals surface area contributed by atoms with Gasteiger partial charge in [-0.25, -0.2) is 5.43 Å². The Morgan fingerprint density at radius 3 is 2.64 bits per heavy atom. The smallest absolute Gasteiger partial charge is 0.267 e. The summed E-state index contributed by atoms with van der Waals surface area (Å²) >= 11 is 3.46. The fourth-order valence-corrected chi connectivity index (χ4v) is 3.59. The van der Waals surface area contributed by atoms with Gasteiger partial charge in [-0.3, -0.25) is 9.80 Å². The van der Waals surface area contributed by atoms with Crippen molar-refractivity contribution in [3.05, 3.63) is 45.6 Å². The second-order valence-corrected chi connectivity index (χ2v) is 6.75. The van der Waals surface area contributed by atoms with Crippen molar-refractivity contribution < 1.29 is 9.90 Å². The van der Waals surface area contributed by atoms with Crippen molar-refractivity contribution in [1.29, 1.82) is 0 Å². The van der Waals surface area contributed by atoms with E-state index >= 15 is 0 Å². The van der Waals surface area contributed by atoms with Gasteiger partial charge in [-0.2, -0.15) is 0 Å². The van der Waals surface area contributed by atoms with Crippen LogP contribution in [0.4, 0.5) is 0 Å². The molecule has 0 radical (unpaired) electrons. The Bertz CT molecular complexity index is 614. The highest BCUT2D eigenvalue weighted by Crippen LogP contribution is 2.35. The third kappa shape index (κ3) is 2.55. The van der Waals surface area contributed by atoms with Gasteiger partial charge in [0.2, 0.25) is 0 Å². The highest BCUT2D eigenvalue weighted by atomic mass is 79.9. The Labute approximate surface area is 138 Å². The maximum atomic E-state index is 12.6. The molecule has 6 heteroatoms. The molecule has 2 aliphatic rings. The van der Waals surface area contributed by atoms with Crippen LogP contribution in [-0.2, 0) is 4.79 Å². The van der Waals surface area contributed by atoms with Crippen molar-refractivity contribution in [2.45, 2.75) is 38.4 Å². The maximum Gasteiger partial charge on any atom is 0.267 e. The molecule has 3 atom stereocenters. The van der Waals surface area contributed by atoms with Gasteiger partial charge in [-0.05, 0) is 31.5 Å². The predicted molar refractivity (Wildman–Crippen MR) is 87.7 cm³/mol. The minimum atomic E-state index is -0.105. The summed E-state index contributed by atoms with van der Waals surface area (Å²) in [5.74, 6) is 0.129. The summed E-state index contributed by atoms with van der Waals surface area (Å²) in [6.07, 6.45) is 0.269. The van der Waals surface area contributed by atoms with Gasteiger partial charge in [-0.15, -0.1) is 0 Å². The van der Waals surface area contributed by atoms with Gasteiger partial charge in [0.1, 0.15) is 6.17 Å². The zero-order valence-corrected chi connectivity index (χ0v) is 14.2. The molecule has 2 aliphatic heterocycles. The fourth-order valence-electron chi connectivity index (χ4n) is 3.33. The van der Waals surface area contributed by atoms with Gasteiger partial charge in [-0.1, -0.05) is 28.1 Å². The number of rotatable bonds is 3. The predicted octanol–water partition coefficient (Wildman–Crippen LogP) is 1.85. The van der Waals surface area contributed by atoms with E-state index in [0.717, 1.165) is 10.2 Å². The van der Waals surface area contributed by atoms with Crippen molar-refractivity contribution >= 4 is 21.8 Å². The first-order valence-electron chi connectivity index (χ1n) is 7.45. The standard InChI is InChI=1S/C16H20BrN3O2/c1-9-13(7-8-21)16(22)20-15(18-9)14(10(2)19-20)11-3-5-12(17)6-4-11/h3-6,10,14-15,18-19,21H,7-8H2,1-2H3. The van der Waals surface area contributed by atoms with Crippen LogP contribution in [0, 0.1) is 0 Å². The molecule has 0 bridgehead atoms. The molecular formula is C16H20BrN3O2. The van der Waals surface area contributed by atoms with Crippen LogP contribution in [0.5, 0.6) is 0 Å². The Kier molecular flexibility index (Phi) is 4.25. The minimum Gasteiger partial charge on any atom is -0.396 e. The molecule has 1 aromatic carbocycles. The number of fused-ring (bicyclic) bond motifs is 1. The van der Waals surface area contributed by atoms with Crippen molar-refractivity contribution in [3.63, 3.8) is 0 Å². The van der Waals surface area contributed by atoms with Crippen LogP contribution in [0.1, 0.15) is 31.7 Å². The summed E-state index contributed by atoms with van der Waals surface area (Å²) in [5, 5.41) is 14.3. The molecule has 1 saturated heterocycles. The summed E-state index contributed by atoms with van der Waals surface area (Å²) < 4.78 is 1.04. The van der Waals surface area contributed by atoms with Gasteiger partial charge in [0.05, 0.1) is 0 Å². The molecule has 22 heavy (non-hydrogen) atoms. The topological polar surface area (TPSA) is 64.6 Å². The van der Waals surface area contributed by atoms with Crippen LogP contribution in [0.3, 0.4) is 0 Å².